The third-order valence-corrected chi connectivity index (χ3v) is 3.14. The fourth-order valence-electron chi connectivity index (χ4n) is 2.36. The van der Waals surface area contributed by atoms with Gasteiger partial charge in [0.15, 0.2) is 5.82 Å². The molecule has 3 nitrogen and oxygen atoms in total. The highest BCUT2D eigenvalue weighted by Gasteiger charge is 2.18. The summed E-state index contributed by atoms with van der Waals surface area (Å²) in [6.45, 7) is 3.75. The van der Waals surface area contributed by atoms with Gasteiger partial charge in [0.25, 0.3) is 0 Å². The second kappa shape index (κ2) is 3.47. The lowest BCUT2D eigenvalue weighted by Crippen LogP contribution is -2.18. The van der Waals surface area contributed by atoms with E-state index >= 15 is 0 Å². The number of hydrogen-bond donors (Lipinski definition) is 1. The van der Waals surface area contributed by atoms with Crippen LogP contribution in [0.5, 0.6) is 0 Å². The Bertz CT molecular complexity index is 526. The fraction of sp³-hybridized carbons (Fsp3) is 0.417. The molecule has 3 rings (SSSR count). The summed E-state index contributed by atoms with van der Waals surface area (Å²) in [5.74, 6) is 0.590. The van der Waals surface area contributed by atoms with Crippen LogP contribution < -0.4 is 4.90 Å². The van der Waals surface area contributed by atoms with E-state index in [2.05, 4.69) is 14.9 Å². The summed E-state index contributed by atoms with van der Waals surface area (Å²) in [6, 6.07) is 3.72. The van der Waals surface area contributed by atoms with Gasteiger partial charge in [0.1, 0.15) is 11.3 Å². The van der Waals surface area contributed by atoms with Gasteiger partial charge in [0.2, 0.25) is 0 Å². The van der Waals surface area contributed by atoms with Gasteiger partial charge in [-0.25, -0.2) is 9.37 Å². The van der Waals surface area contributed by atoms with Crippen LogP contribution >= 0.6 is 0 Å². The van der Waals surface area contributed by atoms with Crippen LogP contribution in [-0.2, 0) is 0 Å². The Morgan fingerprint density at radius 2 is 2.06 bits per heavy atom. The highest BCUT2D eigenvalue weighted by Crippen LogP contribution is 2.28. The van der Waals surface area contributed by atoms with Crippen molar-refractivity contribution >= 4 is 16.7 Å². The maximum absolute atomic E-state index is 14.2. The van der Waals surface area contributed by atoms with Crippen molar-refractivity contribution in [3.05, 3.63) is 23.8 Å². The van der Waals surface area contributed by atoms with Crippen LogP contribution in [0.3, 0.4) is 0 Å². The summed E-state index contributed by atoms with van der Waals surface area (Å²) < 4.78 is 14.2. The van der Waals surface area contributed by atoms with Gasteiger partial charge in [-0.2, -0.15) is 0 Å². The number of aryl methyl sites for hydroxylation is 1. The first-order chi connectivity index (χ1) is 7.75. The first-order valence-corrected chi connectivity index (χ1v) is 5.65. The number of halogens is 1. The number of aromatic amines is 1. The van der Waals surface area contributed by atoms with E-state index in [0.717, 1.165) is 31.8 Å². The molecule has 0 saturated carbocycles. The van der Waals surface area contributed by atoms with Crippen LogP contribution in [-0.4, -0.2) is 23.1 Å². The van der Waals surface area contributed by atoms with Gasteiger partial charge in [0, 0.05) is 13.1 Å². The molecule has 1 saturated heterocycles. The normalized spacial score (nSPS) is 16.2. The molecule has 16 heavy (non-hydrogen) atoms. The number of nitrogens with one attached hydrogen (secondary N) is 1. The van der Waals surface area contributed by atoms with Crippen LogP contribution in [0.4, 0.5) is 10.1 Å². The third-order valence-electron chi connectivity index (χ3n) is 3.14. The Labute approximate surface area is 93.3 Å². The van der Waals surface area contributed by atoms with Crippen molar-refractivity contribution in [2.75, 3.05) is 18.0 Å². The van der Waals surface area contributed by atoms with Crippen LogP contribution in [0, 0.1) is 12.7 Å². The Morgan fingerprint density at radius 3 is 2.81 bits per heavy atom. The SMILES string of the molecule is Cc1nc2ccc(N3CCCC3)c(F)c2[nH]1. The number of hydrogen-bond acceptors (Lipinski definition) is 2. The van der Waals surface area contributed by atoms with Gasteiger partial charge in [-0.3, -0.25) is 0 Å². The Balaban J connectivity index is 2.14. The zero-order valence-corrected chi connectivity index (χ0v) is 9.26. The van der Waals surface area contributed by atoms with E-state index in [4.69, 9.17) is 0 Å². The standard InChI is InChI=1S/C12H14FN3/c1-8-14-9-4-5-10(11(13)12(9)15-8)16-6-2-3-7-16/h4-5H,2-3,6-7H2,1H3,(H,14,15). The molecule has 0 radical (unpaired) electrons. The summed E-state index contributed by atoms with van der Waals surface area (Å²) in [7, 11) is 0. The summed E-state index contributed by atoms with van der Waals surface area (Å²) in [5.41, 5.74) is 1.94. The first-order valence-electron chi connectivity index (χ1n) is 5.65. The molecule has 1 aromatic heterocycles. The number of H-pyrrole nitrogens is 1. The zero-order chi connectivity index (χ0) is 11.1. The number of anilines is 1. The monoisotopic (exact) mass is 219 g/mol. The lowest BCUT2D eigenvalue weighted by Gasteiger charge is -2.18. The molecule has 0 atom stereocenters. The summed E-state index contributed by atoms with van der Waals surface area (Å²) in [5, 5.41) is 0. The number of fused-ring (bicyclic) bond motifs is 1. The van der Waals surface area contributed by atoms with E-state index in [1.165, 1.54) is 0 Å². The first kappa shape index (κ1) is 9.63. The maximum atomic E-state index is 14.2. The smallest absolute Gasteiger partial charge is 0.172 e. The molecule has 4 heteroatoms. The molecular weight excluding hydrogens is 205 g/mol. The van der Waals surface area contributed by atoms with E-state index < -0.39 is 0 Å². The average molecular weight is 219 g/mol. The fourth-order valence-corrected chi connectivity index (χ4v) is 2.36. The van der Waals surface area contributed by atoms with Crippen molar-refractivity contribution in [2.24, 2.45) is 0 Å². The van der Waals surface area contributed by atoms with E-state index in [-0.39, 0.29) is 5.82 Å². The van der Waals surface area contributed by atoms with Crippen molar-refractivity contribution in [2.45, 2.75) is 19.8 Å². The molecular formula is C12H14FN3. The highest BCUT2D eigenvalue weighted by atomic mass is 19.1. The van der Waals surface area contributed by atoms with Gasteiger partial charge in [-0.05, 0) is 31.9 Å². The van der Waals surface area contributed by atoms with Crippen LogP contribution in [0.15, 0.2) is 12.1 Å². The van der Waals surface area contributed by atoms with Crippen molar-refractivity contribution in [1.82, 2.24) is 9.97 Å². The second-order valence-electron chi connectivity index (χ2n) is 4.31. The molecule has 1 aromatic carbocycles. The molecule has 1 aliphatic heterocycles. The molecule has 1 fully saturated rings. The van der Waals surface area contributed by atoms with Crippen molar-refractivity contribution in [1.29, 1.82) is 0 Å². The Hall–Kier alpha value is -1.58. The van der Waals surface area contributed by atoms with E-state index in [9.17, 15) is 4.39 Å². The third kappa shape index (κ3) is 1.37. The summed E-state index contributed by atoms with van der Waals surface area (Å²) in [4.78, 5) is 9.31. The zero-order valence-electron chi connectivity index (χ0n) is 9.26. The Morgan fingerprint density at radius 1 is 1.31 bits per heavy atom. The summed E-state index contributed by atoms with van der Waals surface area (Å²) in [6.07, 6.45) is 2.30. The van der Waals surface area contributed by atoms with Crippen LogP contribution in [0.1, 0.15) is 18.7 Å². The molecule has 1 aliphatic rings. The predicted octanol–water partition coefficient (Wildman–Crippen LogP) is 2.61. The predicted molar refractivity (Wildman–Crippen MR) is 62.2 cm³/mol. The van der Waals surface area contributed by atoms with Crippen LogP contribution in [0.2, 0.25) is 0 Å². The number of rotatable bonds is 1. The van der Waals surface area contributed by atoms with Gasteiger partial charge in [-0.15, -0.1) is 0 Å². The largest absolute Gasteiger partial charge is 0.369 e. The molecule has 2 heterocycles. The lowest BCUT2D eigenvalue weighted by atomic mass is 10.2. The number of benzene rings is 1. The molecule has 1 N–H and O–H groups in total. The van der Waals surface area contributed by atoms with E-state index in [0.29, 0.717) is 16.7 Å². The van der Waals surface area contributed by atoms with Crippen molar-refractivity contribution in [3.8, 4) is 0 Å². The molecule has 0 bridgehead atoms. The Kier molecular flexibility index (Phi) is 2.09. The number of aromatic nitrogens is 2. The van der Waals surface area contributed by atoms with E-state index in [1.807, 2.05) is 19.1 Å². The lowest BCUT2D eigenvalue weighted by molar-refractivity contribution is 0.632. The second-order valence-corrected chi connectivity index (χ2v) is 4.31. The molecule has 0 aliphatic carbocycles. The van der Waals surface area contributed by atoms with Crippen LogP contribution in [0.25, 0.3) is 11.0 Å². The van der Waals surface area contributed by atoms with Crippen molar-refractivity contribution in [3.63, 3.8) is 0 Å². The molecule has 0 unspecified atom stereocenters. The molecule has 84 valence electrons. The van der Waals surface area contributed by atoms with Gasteiger partial charge < -0.3 is 9.88 Å². The molecule has 0 spiro atoms. The number of nitrogens with zero attached hydrogens (tertiary/aromatic N) is 2. The minimum Gasteiger partial charge on any atom is -0.369 e. The molecule has 2 aromatic rings. The van der Waals surface area contributed by atoms with Crippen molar-refractivity contribution < 1.29 is 4.39 Å². The highest BCUT2D eigenvalue weighted by molar-refractivity contribution is 5.80. The van der Waals surface area contributed by atoms with Gasteiger partial charge >= 0.3 is 0 Å². The quantitative estimate of drug-likeness (QED) is 0.799. The van der Waals surface area contributed by atoms with Gasteiger partial charge in [-0.1, -0.05) is 0 Å². The number of imidazole rings is 1. The van der Waals surface area contributed by atoms with E-state index in [1.54, 1.807) is 0 Å². The minimum atomic E-state index is -0.167. The average Bonchev–Trinajstić information content (AvgIpc) is 2.86. The topological polar surface area (TPSA) is 31.9 Å². The minimum absolute atomic E-state index is 0.167. The molecule has 0 amide bonds. The maximum Gasteiger partial charge on any atom is 0.172 e. The summed E-state index contributed by atoms with van der Waals surface area (Å²) >= 11 is 0. The van der Waals surface area contributed by atoms with Gasteiger partial charge in [0.05, 0.1) is 11.2 Å².